The van der Waals surface area contributed by atoms with E-state index in [0.717, 1.165) is 33.2 Å². The van der Waals surface area contributed by atoms with Gasteiger partial charge in [-0.05, 0) is 94.1 Å². The molecular weight excluding hydrogens is 452 g/mol. The molecule has 0 saturated heterocycles. The zero-order valence-electron chi connectivity index (χ0n) is 19.5. The van der Waals surface area contributed by atoms with E-state index in [4.69, 9.17) is 0 Å². The number of hydrogen-bond donors (Lipinski definition) is 5. The molecule has 0 radical (unpaired) electrons. The van der Waals surface area contributed by atoms with Crippen molar-refractivity contribution in [1.82, 2.24) is 0 Å². The number of phenolic OH excluding ortho intramolecular Hbond substituents is 5. The van der Waals surface area contributed by atoms with Crippen LogP contribution in [0.2, 0.25) is 0 Å². The van der Waals surface area contributed by atoms with Gasteiger partial charge in [0.2, 0.25) is 0 Å². The monoisotopic (exact) mass is 478 g/mol. The highest BCUT2D eigenvalue weighted by atomic mass is 16.3. The summed E-state index contributed by atoms with van der Waals surface area (Å²) in [6.45, 7) is 0. The molecule has 0 unspecified atom stereocenters. The Morgan fingerprint density at radius 2 is 0.806 bits per heavy atom. The van der Waals surface area contributed by atoms with Gasteiger partial charge in [-0.15, -0.1) is 0 Å². The maximum atomic E-state index is 11.3. The van der Waals surface area contributed by atoms with Crippen molar-refractivity contribution in [2.45, 2.75) is 19.3 Å². The lowest BCUT2D eigenvalue weighted by Gasteiger charge is -2.18. The molecule has 0 aliphatic carbocycles. The van der Waals surface area contributed by atoms with Crippen molar-refractivity contribution in [2.75, 3.05) is 0 Å². The molecule has 0 saturated carbocycles. The lowest BCUT2D eigenvalue weighted by molar-refractivity contribution is 0.460. The molecule has 5 rings (SSSR count). The summed E-state index contributed by atoms with van der Waals surface area (Å²) in [6, 6.07) is 26.3. The molecular formula is C31H26O5. The molecule has 36 heavy (non-hydrogen) atoms. The first-order chi connectivity index (χ1) is 17.4. The van der Waals surface area contributed by atoms with Gasteiger partial charge in [-0.3, -0.25) is 0 Å². The lowest BCUT2D eigenvalue weighted by atomic mass is 9.88. The van der Waals surface area contributed by atoms with E-state index in [1.54, 1.807) is 54.6 Å². The van der Waals surface area contributed by atoms with Gasteiger partial charge in [-0.1, -0.05) is 48.5 Å². The summed E-state index contributed by atoms with van der Waals surface area (Å²) in [7, 11) is 0. The van der Waals surface area contributed by atoms with E-state index in [1.165, 1.54) is 0 Å². The van der Waals surface area contributed by atoms with Gasteiger partial charge in [0.15, 0.2) is 0 Å². The summed E-state index contributed by atoms with van der Waals surface area (Å²) in [5.41, 5.74) is 5.43. The van der Waals surface area contributed by atoms with Crippen molar-refractivity contribution in [2.24, 2.45) is 0 Å². The van der Waals surface area contributed by atoms with Gasteiger partial charge in [-0.25, -0.2) is 0 Å². The first kappa shape index (κ1) is 23.1. The van der Waals surface area contributed by atoms with Crippen LogP contribution in [0, 0.1) is 0 Å². The normalized spacial score (nSPS) is 11.1. The second-order valence-corrected chi connectivity index (χ2v) is 9.07. The fourth-order valence-electron chi connectivity index (χ4n) is 4.68. The molecule has 0 heterocycles. The summed E-state index contributed by atoms with van der Waals surface area (Å²) in [4.78, 5) is 0. The fourth-order valence-corrected chi connectivity index (χ4v) is 4.68. The van der Waals surface area contributed by atoms with Crippen LogP contribution < -0.4 is 0 Å². The Bertz CT molecular complexity index is 1520. The molecule has 5 N–H and O–H groups in total. The van der Waals surface area contributed by atoms with Crippen LogP contribution >= 0.6 is 0 Å². The number of fused-ring (bicyclic) bond motifs is 1. The Balaban J connectivity index is 1.68. The van der Waals surface area contributed by atoms with Gasteiger partial charge in [0.05, 0.1) is 5.39 Å². The van der Waals surface area contributed by atoms with Crippen LogP contribution in [0.1, 0.15) is 33.4 Å². The second kappa shape index (κ2) is 9.55. The Kier molecular flexibility index (Phi) is 6.13. The van der Waals surface area contributed by atoms with Crippen LogP contribution in [-0.4, -0.2) is 25.5 Å². The number of phenols is 5. The molecule has 5 aromatic rings. The van der Waals surface area contributed by atoms with Gasteiger partial charge >= 0.3 is 0 Å². The molecule has 5 nitrogen and oxygen atoms in total. The lowest BCUT2D eigenvalue weighted by Crippen LogP contribution is -2.00. The summed E-state index contributed by atoms with van der Waals surface area (Å²) in [5.74, 6) is 0.576. The van der Waals surface area contributed by atoms with Crippen LogP contribution in [-0.2, 0) is 19.3 Å². The molecule has 0 aliphatic heterocycles. The van der Waals surface area contributed by atoms with Crippen molar-refractivity contribution >= 4 is 10.8 Å². The van der Waals surface area contributed by atoms with Crippen molar-refractivity contribution < 1.29 is 25.5 Å². The first-order valence-electron chi connectivity index (χ1n) is 11.7. The smallest absolute Gasteiger partial charge is 0.130 e. The van der Waals surface area contributed by atoms with E-state index in [9.17, 15) is 25.5 Å². The minimum Gasteiger partial charge on any atom is -0.508 e. The van der Waals surface area contributed by atoms with E-state index >= 15 is 0 Å². The molecule has 0 aliphatic rings. The van der Waals surface area contributed by atoms with Gasteiger partial charge < -0.3 is 25.5 Å². The Morgan fingerprint density at radius 1 is 0.389 bits per heavy atom. The molecule has 0 fully saturated rings. The number of hydrogen-bond acceptors (Lipinski definition) is 5. The second-order valence-electron chi connectivity index (χ2n) is 9.07. The SMILES string of the molecule is Oc1ccc(Cc2cc(Cc3ccc(O)cc3)c3c(Cc4ccc(O)cc4)ccc(O)c3c2O)cc1. The Labute approximate surface area is 208 Å². The van der Waals surface area contributed by atoms with Crippen molar-refractivity contribution in [3.63, 3.8) is 0 Å². The Hall–Kier alpha value is -4.64. The highest BCUT2D eigenvalue weighted by Crippen LogP contribution is 2.41. The summed E-state index contributed by atoms with van der Waals surface area (Å²) in [6.07, 6.45) is 1.51. The van der Waals surface area contributed by atoms with Gasteiger partial charge in [0, 0.05) is 6.42 Å². The largest absolute Gasteiger partial charge is 0.508 e. The predicted molar refractivity (Wildman–Crippen MR) is 140 cm³/mol. The quantitative estimate of drug-likeness (QED) is 0.202. The standard InChI is InChI=1S/C31H26O5/c32-25-8-1-19(2-9-25)15-22-7-14-28(35)30-29(22)23(16-20-3-10-26(33)11-4-20)18-24(31(30)36)17-21-5-12-27(34)13-6-21/h1-14,18,32-36H,15-17H2. The number of benzene rings is 5. The molecule has 180 valence electrons. The van der Waals surface area contributed by atoms with Crippen LogP contribution in [0.4, 0.5) is 0 Å². The van der Waals surface area contributed by atoms with Crippen LogP contribution in [0.3, 0.4) is 0 Å². The molecule has 0 amide bonds. The maximum absolute atomic E-state index is 11.3. The number of rotatable bonds is 6. The molecule has 5 heteroatoms. The maximum Gasteiger partial charge on any atom is 0.130 e. The Morgan fingerprint density at radius 3 is 1.28 bits per heavy atom. The van der Waals surface area contributed by atoms with Crippen LogP contribution in [0.5, 0.6) is 28.7 Å². The van der Waals surface area contributed by atoms with Crippen molar-refractivity contribution in [3.05, 3.63) is 124 Å². The molecule has 0 bridgehead atoms. The topological polar surface area (TPSA) is 101 Å². The summed E-state index contributed by atoms with van der Waals surface area (Å²) < 4.78 is 0. The summed E-state index contributed by atoms with van der Waals surface area (Å²) >= 11 is 0. The minimum atomic E-state index is -0.00327. The molecule has 0 aromatic heterocycles. The van der Waals surface area contributed by atoms with E-state index in [1.807, 2.05) is 36.4 Å². The van der Waals surface area contributed by atoms with E-state index in [0.29, 0.717) is 30.2 Å². The van der Waals surface area contributed by atoms with Crippen LogP contribution in [0.25, 0.3) is 10.8 Å². The predicted octanol–water partition coefficient (Wildman–Crippen LogP) is 6.14. The third-order valence-corrected chi connectivity index (χ3v) is 6.47. The van der Waals surface area contributed by atoms with Gasteiger partial charge in [-0.2, -0.15) is 0 Å². The molecule has 0 spiro atoms. The average molecular weight is 479 g/mol. The molecule has 5 aromatic carbocycles. The average Bonchev–Trinajstić information content (AvgIpc) is 2.87. The third kappa shape index (κ3) is 4.77. The van der Waals surface area contributed by atoms with Crippen LogP contribution in [0.15, 0.2) is 91.0 Å². The zero-order valence-corrected chi connectivity index (χ0v) is 19.5. The third-order valence-electron chi connectivity index (χ3n) is 6.47. The van der Waals surface area contributed by atoms with Gasteiger partial charge in [0.1, 0.15) is 28.7 Å². The first-order valence-corrected chi connectivity index (χ1v) is 11.7. The van der Waals surface area contributed by atoms with Crippen molar-refractivity contribution in [1.29, 1.82) is 0 Å². The van der Waals surface area contributed by atoms with Gasteiger partial charge in [0.25, 0.3) is 0 Å². The van der Waals surface area contributed by atoms with Crippen molar-refractivity contribution in [3.8, 4) is 28.7 Å². The van der Waals surface area contributed by atoms with E-state index in [2.05, 4.69) is 0 Å². The summed E-state index contributed by atoms with van der Waals surface area (Å²) in [5, 5.41) is 52.4. The number of aromatic hydroxyl groups is 5. The highest BCUT2D eigenvalue weighted by Gasteiger charge is 2.19. The van der Waals surface area contributed by atoms with E-state index in [-0.39, 0.29) is 28.7 Å². The molecule has 0 atom stereocenters. The fraction of sp³-hybridized carbons (Fsp3) is 0.0968. The van der Waals surface area contributed by atoms with E-state index < -0.39 is 0 Å². The highest BCUT2D eigenvalue weighted by molar-refractivity contribution is 5.99. The minimum absolute atomic E-state index is 0.00327. The zero-order chi connectivity index (χ0) is 25.2.